The van der Waals surface area contributed by atoms with Crippen molar-refractivity contribution < 1.29 is 4.79 Å². The van der Waals surface area contributed by atoms with E-state index in [1.54, 1.807) is 11.8 Å². The molecule has 4 heteroatoms. The minimum atomic E-state index is -0.404. The number of hydrogen-bond acceptors (Lipinski definition) is 3. The second-order valence-electron chi connectivity index (χ2n) is 4.49. The zero-order valence-corrected chi connectivity index (χ0v) is 11.6. The predicted molar refractivity (Wildman–Crippen MR) is 83.3 cm³/mol. The molecule has 2 aromatic carbocycles. The maximum Gasteiger partial charge on any atom is 0.251 e. The first kappa shape index (κ1) is 12.8. The van der Waals surface area contributed by atoms with Crippen LogP contribution in [0.3, 0.4) is 0 Å². The summed E-state index contributed by atoms with van der Waals surface area (Å²) in [4.78, 5) is 13.0. The highest BCUT2D eigenvalue weighted by Crippen LogP contribution is 2.36. The fraction of sp³-hybridized carbons (Fsp3) is 0.0625. The lowest BCUT2D eigenvalue weighted by Gasteiger charge is -2.22. The van der Waals surface area contributed by atoms with Gasteiger partial charge in [0.25, 0.3) is 5.91 Å². The summed E-state index contributed by atoms with van der Waals surface area (Å²) in [5.41, 5.74) is 8.88. The van der Waals surface area contributed by atoms with Gasteiger partial charge in [-0.2, -0.15) is 0 Å². The van der Waals surface area contributed by atoms with E-state index in [9.17, 15) is 4.79 Å². The number of anilines is 1. The van der Waals surface area contributed by atoms with E-state index in [4.69, 9.17) is 5.73 Å². The molecule has 0 spiro atoms. The van der Waals surface area contributed by atoms with Crippen molar-refractivity contribution in [2.24, 2.45) is 5.73 Å². The number of nitrogens with one attached hydrogen (secondary N) is 1. The van der Waals surface area contributed by atoms with Crippen molar-refractivity contribution in [2.75, 3.05) is 11.1 Å². The second kappa shape index (κ2) is 5.43. The van der Waals surface area contributed by atoms with E-state index in [0.29, 0.717) is 11.3 Å². The third-order valence-electron chi connectivity index (χ3n) is 3.16. The van der Waals surface area contributed by atoms with Crippen LogP contribution in [0.15, 0.2) is 65.2 Å². The van der Waals surface area contributed by atoms with Crippen LogP contribution in [-0.2, 0) is 4.79 Å². The SMILES string of the molecule is NC(=O)C(=C1CSc2ccccc2N1)c1ccccc1. The molecule has 3 rings (SSSR count). The Balaban J connectivity index is 2.06. The van der Waals surface area contributed by atoms with Gasteiger partial charge in [0, 0.05) is 16.3 Å². The quantitative estimate of drug-likeness (QED) is 0.832. The molecule has 0 aliphatic carbocycles. The summed E-state index contributed by atoms with van der Waals surface area (Å²) < 4.78 is 0. The van der Waals surface area contributed by atoms with Gasteiger partial charge in [-0.25, -0.2) is 0 Å². The van der Waals surface area contributed by atoms with Crippen LogP contribution in [-0.4, -0.2) is 11.7 Å². The zero-order chi connectivity index (χ0) is 13.9. The molecule has 20 heavy (non-hydrogen) atoms. The molecule has 0 fully saturated rings. The van der Waals surface area contributed by atoms with E-state index in [1.165, 1.54) is 4.90 Å². The van der Waals surface area contributed by atoms with Crippen molar-refractivity contribution in [3.8, 4) is 0 Å². The van der Waals surface area contributed by atoms with Gasteiger partial charge in [0.1, 0.15) is 0 Å². The number of carbonyl (C=O) groups is 1. The molecule has 0 radical (unpaired) electrons. The largest absolute Gasteiger partial charge is 0.366 e. The molecule has 3 N–H and O–H groups in total. The summed E-state index contributed by atoms with van der Waals surface area (Å²) in [6, 6.07) is 17.6. The van der Waals surface area contributed by atoms with E-state index < -0.39 is 5.91 Å². The summed E-state index contributed by atoms with van der Waals surface area (Å²) in [7, 11) is 0. The topological polar surface area (TPSA) is 55.1 Å². The number of benzene rings is 2. The molecule has 0 saturated carbocycles. The van der Waals surface area contributed by atoms with E-state index >= 15 is 0 Å². The average Bonchev–Trinajstić information content (AvgIpc) is 2.48. The van der Waals surface area contributed by atoms with Crippen molar-refractivity contribution >= 4 is 28.9 Å². The molecule has 2 aromatic rings. The molecule has 100 valence electrons. The number of rotatable bonds is 2. The Morgan fingerprint density at radius 3 is 2.50 bits per heavy atom. The van der Waals surface area contributed by atoms with Crippen LogP contribution in [0.5, 0.6) is 0 Å². The highest BCUT2D eigenvalue weighted by atomic mass is 32.2. The highest BCUT2D eigenvalue weighted by Gasteiger charge is 2.20. The fourth-order valence-corrected chi connectivity index (χ4v) is 3.21. The zero-order valence-electron chi connectivity index (χ0n) is 10.8. The van der Waals surface area contributed by atoms with Gasteiger partial charge in [0.15, 0.2) is 0 Å². The van der Waals surface area contributed by atoms with Crippen LogP contribution in [0.2, 0.25) is 0 Å². The van der Waals surface area contributed by atoms with Crippen LogP contribution < -0.4 is 11.1 Å². The number of para-hydroxylation sites is 1. The van der Waals surface area contributed by atoms with E-state index in [1.807, 2.05) is 48.5 Å². The molecule has 1 aliphatic heterocycles. The molecule has 1 amide bonds. The van der Waals surface area contributed by atoms with Gasteiger partial charge in [-0.1, -0.05) is 42.5 Å². The van der Waals surface area contributed by atoms with Crippen molar-refractivity contribution in [3.05, 3.63) is 65.9 Å². The van der Waals surface area contributed by atoms with Gasteiger partial charge in [0.05, 0.1) is 11.3 Å². The van der Waals surface area contributed by atoms with Crippen LogP contribution in [0.25, 0.3) is 5.57 Å². The van der Waals surface area contributed by atoms with E-state index in [-0.39, 0.29) is 0 Å². The third-order valence-corrected chi connectivity index (χ3v) is 4.26. The standard InChI is InChI=1S/C16H14N2OS/c17-16(19)15(11-6-2-1-3-7-11)13-10-20-14-9-5-4-8-12(14)18-13/h1-9,18H,10H2,(H2,17,19). The van der Waals surface area contributed by atoms with Crippen molar-refractivity contribution in [1.82, 2.24) is 0 Å². The summed E-state index contributed by atoms with van der Waals surface area (Å²) in [5.74, 6) is 0.308. The Hall–Kier alpha value is -2.20. The Morgan fingerprint density at radius 1 is 1.05 bits per heavy atom. The third kappa shape index (κ3) is 2.42. The smallest absolute Gasteiger partial charge is 0.251 e. The van der Waals surface area contributed by atoms with Crippen LogP contribution in [0.1, 0.15) is 5.56 Å². The Bertz CT molecular complexity index is 680. The first-order valence-electron chi connectivity index (χ1n) is 6.33. The average molecular weight is 282 g/mol. The number of thioether (sulfide) groups is 1. The first-order chi connectivity index (χ1) is 9.75. The van der Waals surface area contributed by atoms with Gasteiger partial charge < -0.3 is 11.1 Å². The Kier molecular flexibility index (Phi) is 3.48. The number of nitrogens with two attached hydrogens (primary N) is 1. The molecule has 1 aliphatic rings. The first-order valence-corrected chi connectivity index (χ1v) is 7.31. The van der Waals surface area contributed by atoms with Crippen molar-refractivity contribution in [2.45, 2.75) is 4.90 Å². The van der Waals surface area contributed by atoms with Crippen molar-refractivity contribution in [3.63, 3.8) is 0 Å². The van der Waals surface area contributed by atoms with Crippen LogP contribution in [0, 0.1) is 0 Å². The Labute approximate surface area is 121 Å². The maximum atomic E-state index is 11.8. The summed E-state index contributed by atoms with van der Waals surface area (Å²) in [5, 5.41) is 3.33. The lowest BCUT2D eigenvalue weighted by atomic mass is 10.0. The molecule has 0 aromatic heterocycles. The van der Waals surface area contributed by atoms with Gasteiger partial charge in [-0.05, 0) is 17.7 Å². The van der Waals surface area contributed by atoms with Gasteiger partial charge in [-0.15, -0.1) is 11.8 Å². The second-order valence-corrected chi connectivity index (χ2v) is 5.51. The summed E-state index contributed by atoms with van der Waals surface area (Å²) in [6.07, 6.45) is 0. The number of hydrogen-bond donors (Lipinski definition) is 2. The predicted octanol–water partition coefficient (Wildman–Crippen LogP) is 3.10. The lowest BCUT2D eigenvalue weighted by molar-refractivity contribution is -0.112. The molecular weight excluding hydrogens is 268 g/mol. The van der Waals surface area contributed by atoms with E-state index in [2.05, 4.69) is 11.4 Å². The molecule has 0 unspecified atom stereocenters. The van der Waals surface area contributed by atoms with Crippen molar-refractivity contribution in [1.29, 1.82) is 0 Å². The maximum absolute atomic E-state index is 11.8. The van der Waals surface area contributed by atoms with Gasteiger partial charge in [-0.3, -0.25) is 4.79 Å². The Morgan fingerprint density at radius 2 is 1.75 bits per heavy atom. The molecule has 3 nitrogen and oxygen atoms in total. The summed E-state index contributed by atoms with van der Waals surface area (Å²) >= 11 is 1.71. The highest BCUT2D eigenvalue weighted by molar-refractivity contribution is 7.99. The monoisotopic (exact) mass is 282 g/mol. The minimum absolute atomic E-state index is 0.404. The van der Waals surface area contributed by atoms with Crippen LogP contribution in [0.4, 0.5) is 5.69 Å². The number of primary amides is 1. The molecule has 0 saturated heterocycles. The molecule has 0 atom stereocenters. The van der Waals surface area contributed by atoms with E-state index in [0.717, 1.165) is 16.9 Å². The van der Waals surface area contributed by atoms with Crippen LogP contribution >= 0.6 is 11.8 Å². The lowest BCUT2D eigenvalue weighted by Crippen LogP contribution is -2.20. The molecule has 1 heterocycles. The number of carbonyl (C=O) groups excluding carboxylic acids is 1. The normalized spacial score (nSPS) is 16.0. The summed E-state index contributed by atoms with van der Waals surface area (Å²) in [6.45, 7) is 0. The number of fused-ring (bicyclic) bond motifs is 1. The minimum Gasteiger partial charge on any atom is -0.366 e. The number of amides is 1. The van der Waals surface area contributed by atoms with Gasteiger partial charge in [0.2, 0.25) is 0 Å². The molecule has 0 bridgehead atoms. The fourth-order valence-electron chi connectivity index (χ4n) is 2.25. The van der Waals surface area contributed by atoms with Gasteiger partial charge >= 0.3 is 0 Å². The molecular formula is C16H14N2OS.